The highest BCUT2D eigenvalue weighted by Crippen LogP contribution is 2.49. The molecule has 5 heteroatoms. The summed E-state index contributed by atoms with van der Waals surface area (Å²) in [5.74, 6) is -0.968. The molecule has 0 spiro atoms. The molecule has 0 aliphatic carbocycles. The van der Waals surface area contributed by atoms with Crippen LogP contribution in [0.3, 0.4) is 0 Å². The largest absolute Gasteiger partial charge is 0.379 e. The Morgan fingerprint density at radius 2 is 1.27 bits per heavy atom. The Bertz CT molecular complexity index is 382. The van der Waals surface area contributed by atoms with Crippen LogP contribution < -0.4 is 0 Å². The first-order valence-electron chi connectivity index (χ1n) is 12.7. The van der Waals surface area contributed by atoms with Crippen molar-refractivity contribution in [2.24, 2.45) is 5.41 Å². The maximum atomic E-state index is 6.32. The number of unbranched alkanes of at least 4 members (excludes halogenated alkanes) is 5. The van der Waals surface area contributed by atoms with Crippen molar-refractivity contribution in [2.75, 3.05) is 39.6 Å². The van der Waals surface area contributed by atoms with Crippen molar-refractivity contribution in [3.8, 4) is 0 Å². The average Bonchev–Trinajstić information content (AvgIpc) is 3.55. The average molecular weight is 431 g/mol. The smallest absolute Gasteiger partial charge is 0.288 e. The summed E-state index contributed by atoms with van der Waals surface area (Å²) in [4.78, 5) is 0. The van der Waals surface area contributed by atoms with Gasteiger partial charge in [0, 0.05) is 26.4 Å². The molecule has 0 aromatic rings. The topological polar surface area (TPSA) is 49.5 Å². The molecule has 1 heterocycles. The highest BCUT2D eigenvalue weighted by molar-refractivity contribution is 4.89. The predicted molar refractivity (Wildman–Crippen MR) is 123 cm³/mol. The number of hydrogen-bond donors (Lipinski definition) is 0. The molecule has 1 fully saturated rings. The Balaban J connectivity index is 2.89. The predicted octanol–water partition coefficient (Wildman–Crippen LogP) is 6.48. The standard InChI is InChI=1S/C25H50O5/c1-6-11-12-13-14-15-18-24(17-7-2,19-16-20-26-21-23-22-27-23)25(28-8-3,29-9-4)30-10-5/h23H,6-22H2,1-5H3. The van der Waals surface area contributed by atoms with Crippen molar-refractivity contribution in [1.29, 1.82) is 0 Å². The molecule has 2 unspecified atom stereocenters. The van der Waals surface area contributed by atoms with Crippen LogP contribution in [-0.4, -0.2) is 51.7 Å². The van der Waals surface area contributed by atoms with Crippen LogP contribution in [0.25, 0.3) is 0 Å². The van der Waals surface area contributed by atoms with Gasteiger partial charge in [0.05, 0.1) is 18.6 Å². The van der Waals surface area contributed by atoms with Gasteiger partial charge < -0.3 is 23.7 Å². The first kappa shape index (κ1) is 27.8. The van der Waals surface area contributed by atoms with E-state index in [1.165, 1.54) is 38.5 Å². The quantitative estimate of drug-likeness (QED) is 0.112. The van der Waals surface area contributed by atoms with Crippen molar-refractivity contribution >= 4 is 0 Å². The van der Waals surface area contributed by atoms with Gasteiger partial charge in [-0.2, -0.15) is 0 Å². The monoisotopic (exact) mass is 430 g/mol. The second kappa shape index (κ2) is 16.4. The molecular formula is C25H50O5. The van der Waals surface area contributed by atoms with E-state index in [0.29, 0.717) is 32.5 Å². The molecule has 1 aliphatic heterocycles. The zero-order chi connectivity index (χ0) is 22.1. The van der Waals surface area contributed by atoms with Crippen LogP contribution in [0.4, 0.5) is 0 Å². The molecule has 0 saturated carbocycles. The van der Waals surface area contributed by atoms with Gasteiger partial charge in [0.25, 0.3) is 5.97 Å². The van der Waals surface area contributed by atoms with Gasteiger partial charge in [0.2, 0.25) is 0 Å². The molecule has 0 aromatic heterocycles. The van der Waals surface area contributed by atoms with Crippen LogP contribution in [-0.2, 0) is 23.7 Å². The fourth-order valence-corrected chi connectivity index (χ4v) is 4.60. The van der Waals surface area contributed by atoms with E-state index >= 15 is 0 Å². The summed E-state index contributed by atoms with van der Waals surface area (Å²) in [6.07, 6.45) is 13.2. The van der Waals surface area contributed by atoms with Crippen molar-refractivity contribution in [3.63, 3.8) is 0 Å². The summed E-state index contributed by atoms with van der Waals surface area (Å²) in [6.45, 7) is 14.7. The van der Waals surface area contributed by atoms with Gasteiger partial charge in [-0.25, -0.2) is 0 Å². The van der Waals surface area contributed by atoms with Gasteiger partial charge in [0.1, 0.15) is 6.10 Å². The fraction of sp³-hybridized carbons (Fsp3) is 1.00. The highest BCUT2D eigenvalue weighted by atomic mass is 16.9. The lowest BCUT2D eigenvalue weighted by Crippen LogP contribution is -2.55. The van der Waals surface area contributed by atoms with Gasteiger partial charge in [-0.3, -0.25) is 0 Å². The van der Waals surface area contributed by atoms with Gasteiger partial charge in [-0.1, -0.05) is 58.8 Å². The van der Waals surface area contributed by atoms with Crippen LogP contribution in [0.2, 0.25) is 0 Å². The molecule has 2 atom stereocenters. The van der Waals surface area contributed by atoms with Crippen LogP contribution in [0.5, 0.6) is 0 Å². The van der Waals surface area contributed by atoms with E-state index in [-0.39, 0.29) is 5.41 Å². The summed E-state index contributed by atoms with van der Waals surface area (Å²) in [5.41, 5.74) is -0.159. The van der Waals surface area contributed by atoms with Gasteiger partial charge in [0.15, 0.2) is 0 Å². The zero-order valence-electron chi connectivity index (χ0n) is 20.6. The molecular weight excluding hydrogens is 380 g/mol. The summed E-state index contributed by atoms with van der Waals surface area (Å²) >= 11 is 0. The van der Waals surface area contributed by atoms with E-state index in [0.717, 1.165) is 45.3 Å². The molecule has 180 valence electrons. The maximum absolute atomic E-state index is 6.32. The number of epoxide rings is 1. The number of ether oxygens (including phenoxy) is 5. The Morgan fingerprint density at radius 3 is 1.80 bits per heavy atom. The van der Waals surface area contributed by atoms with E-state index in [9.17, 15) is 0 Å². The van der Waals surface area contributed by atoms with Gasteiger partial charge in [-0.05, 0) is 46.5 Å². The summed E-state index contributed by atoms with van der Waals surface area (Å²) in [6, 6.07) is 0. The summed E-state index contributed by atoms with van der Waals surface area (Å²) < 4.78 is 30.1. The lowest BCUT2D eigenvalue weighted by molar-refractivity contribution is -0.432. The first-order chi connectivity index (χ1) is 14.6. The SMILES string of the molecule is CCCCCCCCC(CCC)(CCCOCC1CO1)C(OCC)(OCC)OCC. The van der Waals surface area contributed by atoms with Crippen LogP contribution in [0.1, 0.15) is 105 Å². The van der Waals surface area contributed by atoms with Crippen molar-refractivity contribution in [2.45, 2.75) is 117 Å². The molecule has 0 bridgehead atoms. The van der Waals surface area contributed by atoms with Crippen molar-refractivity contribution in [1.82, 2.24) is 0 Å². The minimum absolute atomic E-state index is 0.159. The molecule has 1 saturated heterocycles. The Hall–Kier alpha value is -0.200. The fourth-order valence-electron chi connectivity index (χ4n) is 4.60. The summed E-state index contributed by atoms with van der Waals surface area (Å²) in [7, 11) is 0. The third kappa shape index (κ3) is 9.52. The van der Waals surface area contributed by atoms with E-state index < -0.39 is 5.97 Å². The highest BCUT2D eigenvalue weighted by Gasteiger charge is 2.53. The lowest BCUT2D eigenvalue weighted by Gasteiger charge is -2.49. The third-order valence-electron chi connectivity index (χ3n) is 6.04. The van der Waals surface area contributed by atoms with E-state index in [1.54, 1.807) is 0 Å². The molecule has 30 heavy (non-hydrogen) atoms. The number of hydrogen-bond acceptors (Lipinski definition) is 5. The molecule has 0 aromatic carbocycles. The molecule has 5 nitrogen and oxygen atoms in total. The Kier molecular flexibility index (Phi) is 15.2. The first-order valence-corrected chi connectivity index (χ1v) is 12.7. The van der Waals surface area contributed by atoms with Gasteiger partial charge >= 0.3 is 0 Å². The van der Waals surface area contributed by atoms with Crippen molar-refractivity contribution in [3.05, 3.63) is 0 Å². The van der Waals surface area contributed by atoms with E-state index in [2.05, 4.69) is 13.8 Å². The number of rotatable bonds is 22. The molecule has 1 aliphatic rings. The lowest BCUT2D eigenvalue weighted by atomic mass is 9.72. The zero-order valence-corrected chi connectivity index (χ0v) is 20.6. The minimum atomic E-state index is -0.968. The Labute approximate surface area is 186 Å². The van der Waals surface area contributed by atoms with Crippen LogP contribution in [0, 0.1) is 5.41 Å². The maximum Gasteiger partial charge on any atom is 0.288 e. The molecule has 1 rings (SSSR count). The van der Waals surface area contributed by atoms with Crippen molar-refractivity contribution < 1.29 is 23.7 Å². The third-order valence-corrected chi connectivity index (χ3v) is 6.04. The second-order valence-electron chi connectivity index (χ2n) is 8.54. The molecule has 0 radical (unpaired) electrons. The van der Waals surface area contributed by atoms with E-state index in [1.807, 2.05) is 20.8 Å². The van der Waals surface area contributed by atoms with E-state index in [4.69, 9.17) is 23.7 Å². The van der Waals surface area contributed by atoms with Crippen LogP contribution in [0.15, 0.2) is 0 Å². The minimum Gasteiger partial charge on any atom is -0.379 e. The Morgan fingerprint density at radius 1 is 0.700 bits per heavy atom. The summed E-state index contributed by atoms with van der Waals surface area (Å²) in [5, 5.41) is 0. The van der Waals surface area contributed by atoms with Crippen LogP contribution >= 0.6 is 0 Å². The second-order valence-corrected chi connectivity index (χ2v) is 8.54. The molecule has 0 N–H and O–H groups in total. The molecule has 0 amide bonds. The normalized spacial score (nSPS) is 18.5. The van der Waals surface area contributed by atoms with Gasteiger partial charge in [-0.15, -0.1) is 0 Å².